The molecule has 0 spiro atoms. The van der Waals surface area contributed by atoms with Crippen LogP contribution in [0.1, 0.15) is 38.3 Å². The summed E-state index contributed by atoms with van der Waals surface area (Å²) in [6, 6.07) is 5.25. The van der Waals surface area contributed by atoms with E-state index >= 15 is 0 Å². The van der Waals surface area contributed by atoms with Gasteiger partial charge in [-0.1, -0.05) is 6.92 Å². The lowest BCUT2D eigenvalue weighted by atomic mass is 10.0. The van der Waals surface area contributed by atoms with Crippen LogP contribution in [0.3, 0.4) is 0 Å². The van der Waals surface area contributed by atoms with Crippen LogP contribution in [0.15, 0.2) is 18.2 Å². The van der Waals surface area contributed by atoms with Gasteiger partial charge in [-0.3, -0.25) is 0 Å². The van der Waals surface area contributed by atoms with E-state index in [1.807, 2.05) is 6.07 Å². The highest BCUT2D eigenvalue weighted by Gasteiger charge is 2.23. The first kappa shape index (κ1) is 15.3. The largest absolute Gasteiger partial charge is 0.380 e. The van der Waals surface area contributed by atoms with Crippen LogP contribution in [0.4, 0.5) is 10.1 Å². The van der Waals surface area contributed by atoms with Crippen LogP contribution >= 0.6 is 0 Å². The Bertz CT molecular complexity index is 438. The zero-order valence-corrected chi connectivity index (χ0v) is 12.7. The third-order valence-electron chi connectivity index (χ3n) is 4.02. The Morgan fingerprint density at radius 2 is 2.30 bits per heavy atom. The lowest BCUT2D eigenvalue weighted by Gasteiger charge is -2.35. The molecule has 1 fully saturated rings. The van der Waals surface area contributed by atoms with Gasteiger partial charge in [-0.25, -0.2) is 4.39 Å². The smallest absolute Gasteiger partial charge is 0.123 e. The van der Waals surface area contributed by atoms with Crippen molar-refractivity contribution in [3.8, 4) is 0 Å². The van der Waals surface area contributed by atoms with Crippen molar-refractivity contribution < 1.29 is 9.13 Å². The van der Waals surface area contributed by atoms with E-state index in [1.54, 1.807) is 19.2 Å². The fraction of sp³-hybridized carbons (Fsp3) is 0.625. The minimum absolute atomic E-state index is 0.147. The molecule has 1 aromatic rings. The summed E-state index contributed by atoms with van der Waals surface area (Å²) in [6.07, 6.45) is 2.49. The summed E-state index contributed by atoms with van der Waals surface area (Å²) < 4.78 is 19.1. The van der Waals surface area contributed by atoms with Crippen LogP contribution in [0.5, 0.6) is 0 Å². The van der Waals surface area contributed by atoms with E-state index < -0.39 is 0 Å². The number of ether oxygens (including phenoxy) is 1. The van der Waals surface area contributed by atoms with Gasteiger partial charge in [0.05, 0.1) is 6.10 Å². The van der Waals surface area contributed by atoms with Crippen molar-refractivity contribution in [2.45, 2.75) is 38.8 Å². The molecule has 0 saturated carbocycles. The Kier molecular flexibility index (Phi) is 5.38. The normalized spacial score (nSPS) is 21.0. The zero-order chi connectivity index (χ0) is 14.5. The molecule has 1 aliphatic rings. The van der Waals surface area contributed by atoms with E-state index in [2.05, 4.69) is 24.1 Å². The molecule has 1 saturated heterocycles. The quantitative estimate of drug-likeness (QED) is 0.897. The first-order chi connectivity index (χ1) is 9.65. The van der Waals surface area contributed by atoms with E-state index in [4.69, 9.17) is 4.74 Å². The molecule has 0 aromatic heterocycles. The van der Waals surface area contributed by atoms with Crippen molar-refractivity contribution in [2.75, 3.05) is 31.6 Å². The fourth-order valence-electron chi connectivity index (χ4n) is 2.93. The van der Waals surface area contributed by atoms with Gasteiger partial charge in [0.1, 0.15) is 5.82 Å². The number of nitrogens with one attached hydrogen (secondary N) is 1. The van der Waals surface area contributed by atoms with E-state index in [0.29, 0.717) is 0 Å². The Morgan fingerprint density at radius 3 is 3.00 bits per heavy atom. The van der Waals surface area contributed by atoms with Crippen molar-refractivity contribution in [3.63, 3.8) is 0 Å². The molecular weight excluding hydrogens is 255 g/mol. The molecule has 1 heterocycles. The molecule has 2 rings (SSSR count). The van der Waals surface area contributed by atoms with Crippen LogP contribution in [-0.4, -0.2) is 32.8 Å². The minimum Gasteiger partial charge on any atom is -0.380 e. The molecule has 2 atom stereocenters. The maximum absolute atomic E-state index is 13.6. The van der Waals surface area contributed by atoms with E-state index in [1.165, 1.54) is 0 Å². The summed E-state index contributed by atoms with van der Waals surface area (Å²) in [5.41, 5.74) is 2.16. The minimum atomic E-state index is -0.172. The molecule has 112 valence electrons. The standard InChI is InChI=1S/C16H25FN2O/c1-4-18-12(2)15-10-13(17)7-8-16(15)19-9-5-6-14(11-19)20-3/h7-8,10,12,14,18H,4-6,9,11H2,1-3H3. The molecule has 1 aromatic carbocycles. The maximum atomic E-state index is 13.6. The Morgan fingerprint density at radius 1 is 1.50 bits per heavy atom. The highest BCUT2D eigenvalue weighted by Crippen LogP contribution is 2.30. The first-order valence-corrected chi connectivity index (χ1v) is 7.46. The van der Waals surface area contributed by atoms with E-state index in [-0.39, 0.29) is 18.0 Å². The van der Waals surface area contributed by atoms with Gasteiger partial charge < -0.3 is 15.0 Å². The highest BCUT2D eigenvalue weighted by atomic mass is 19.1. The van der Waals surface area contributed by atoms with Crippen molar-refractivity contribution >= 4 is 5.69 Å². The number of hydrogen-bond acceptors (Lipinski definition) is 3. The summed E-state index contributed by atoms with van der Waals surface area (Å²) in [5, 5.41) is 3.37. The number of anilines is 1. The molecule has 3 nitrogen and oxygen atoms in total. The highest BCUT2D eigenvalue weighted by molar-refractivity contribution is 5.55. The average Bonchev–Trinajstić information content (AvgIpc) is 2.47. The number of benzene rings is 1. The summed E-state index contributed by atoms with van der Waals surface area (Å²) in [6.45, 7) is 6.92. The van der Waals surface area contributed by atoms with E-state index in [9.17, 15) is 4.39 Å². The van der Waals surface area contributed by atoms with E-state index in [0.717, 1.165) is 43.7 Å². The number of hydrogen-bond donors (Lipinski definition) is 1. The molecule has 0 amide bonds. The van der Waals surface area contributed by atoms with Crippen molar-refractivity contribution in [1.29, 1.82) is 0 Å². The Labute approximate surface area is 121 Å². The molecule has 1 N–H and O–H groups in total. The van der Waals surface area contributed by atoms with Crippen molar-refractivity contribution in [1.82, 2.24) is 5.32 Å². The third kappa shape index (κ3) is 3.49. The van der Waals surface area contributed by atoms with Gasteiger partial charge in [0.15, 0.2) is 0 Å². The fourth-order valence-corrected chi connectivity index (χ4v) is 2.93. The topological polar surface area (TPSA) is 24.5 Å². The second-order valence-corrected chi connectivity index (χ2v) is 5.43. The maximum Gasteiger partial charge on any atom is 0.123 e. The van der Waals surface area contributed by atoms with Gasteiger partial charge in [0.2, 0.25) is 0 Å². The second-order valence-electron chi connectivity index (χ2n) is 5.43. The van der Waals surface area contributed by atoms with Gasteiger partial charge in [-0.15, -0.1) is 0 Å². The third-order valence-corrected chi connectivity index (χ3v) is 4.02. The number of halogens is 1. The van der Waals surface area contributed by atoms with Gasteiger partial charge in [0.25, 0.3) is 0 Å². The lowest BCUT2D eigenvalue weighted by molar-refractivity contribution is 0.0893. The molecule has 0 aliphatic carbocycles. The summed E-state index contributed by atoms with van der Waals surface area (Å²) in [4.78, 5) is 2.32. The second kappa shape index (κ2) is 7.04. The molecular formula is C16H25FN2O. The van der Waals surface area contributed by atoms with Gasteiger partial charge in [0, 0.05) is 31.9 Å². The van der Waals surface area contributed by atoms with Crippen LogP contribution in [0.2, 0.25) is 0 Å². The summed E-state index contributed by atoms with van der Waals surface area (Å²) >= 11 is 0. The summed E-state index contributed by atoms with van der Waals surface area (Å²) in [5.74, 6) is -0.172. The molecule has 4 heteroatoms. The SMILES string of the molecule is CCNC(C)c1cc(F)ccc1N1CCCC(OC)C1. The first-order valence-electron chi connectivity index (χ1n) is 7.46. The predicted octanol–water partition coefficient (Wildman–Crippen LogP) is 3.11. The van der Waals surface area contributed by atoms with Crippen molar-refractivity contribution in [2.24, 2.45) is 0 Å². The Hall–Kier alpha value is -1.13. The van der Waals surface area contributed by atoms with Crippen LogP contribution in [0, 0.1) is 5.82 Å². The number of piperidine rings is 1. The Balaban J connectivity index is 2.25. The van der Waals surface area contributed by atoms with Crippen LogP contribution in [0.25, 0.3) is 0 Å². The number of nitrogens with zero attached hydrogens (tertiary/aromatic N) is 1. The van der Waals surface area contributed by atoms with Crippen molar-refractivity contribution in [3.05, 3.63) is 29.6 Å². The molecule has 2 unspecified atom stereocenters. The molecule has 20 heavy (non-hydrogen) atoms. The van der Waals surface area contributed by atoms with Gasteiger partial charge >= 0.3 is 0 Å². The molecule has 0 radical (unpaired) electrons. The number of methoxy groups -OCH3 is 1. The molecule has 0 bridgehead atoms. The monoisotopic (exact) mass is 280 g/mol. The summed E-state index contributed by atoms with van der Waals surface area (Å²) in [7, 11) is 1.76. The molecule has 1 aliphatic heterocycles. The average molecular weight is 280 g/mol. The lowest BCUT2D eigenvalue weighted by Crippen LogP contribution is -2.40. The van der Waals surface area contributed by atoms with Crippen LogP contribution in [-0.2, 0) is 4.74 Å². The number of rotatable bonds is 5. The van der Waals surface area contributed by atoms with Gasteiger partial charge in [-0.05, 0) is 50.1 Å². The van der Waals surface area contributed by atoms with Crippen LogP contribution < -0.4 is 10.2 Å². The predicted molar refractivity (Wildman–Crippen MR) is 80.7 cm³/mol. The zero-order valence-electron chi connectivity index (χ0n) is 12.7. The van der Waals surface area contributed by atoms with Gasteiger partial charge in [-0.2, -0.15) is 0 Å².